The van der Waals surface area contributed by atoms with Gasteiger partial charge < -0.3 is 15.2 Å². The standard InChI is InChI=1S/C16H21N3O2/c1-3-19(4-2)10-9-17-16(21)14-11-18-15(20)13-8-6-5-7-12(13)14/h5-8,11H,3-4,9-10H2,1-2H3,(H,17,21)(H,18,20). The van der Waals surface area contributed by atoms with Crippen molar-refractivity contribution in [2.24, 2.45) is 0 Å². The van der Waals surface area contributed by atoms with Crippen LogP contribution in [-0.4, -0.2) is 42.0 Å². The summed E-state index contributed by atoms with van der Waals surface area (Å²) in [5, 5.41) is 4.13. The fourth-order valence-corrected chi connectivity index (χ4v) is 2.36. The lowest BCUT2D eigenvalue weighted by atomic mass is 10.1. The summed E-state index contributed by atoms with van der Waals surface area (Å²) in [6.07, 6.45) is 1.48. The highest BCUT2D eigenvalue weighted by Crippen LogP contribution is 2.13. The van der Waals surface area contributed by atoms with Crippen LogP contribution in [0, 0.1) is 0 Å². The van der Waals surface area contributed by atoms with Crippen LogP contribution in [0.25, 0.3) is 10.8 Å². The van der Waals surface area contributed by atoms with E-state index in [0.29, 0.717) is 22.9 Å². The van der Waals surface area contributed by atoms with Crippen molar-refractivity contribution in [2.75, 3.05) is 26.2 Å². The Morgan fingerprint density at radius 1 is 1.19 bits per heavy atom. The fraction of sp³-hybridized carbons (Fsp3) is 0.375. The summed E-state index contributed by atoms with van der Waals surface area (Å²) in [6.45, 7) is 7.54. The van der Waals surface area contributed by atoms with Gasteiger partial charge in [-0.1, -0.05) is 32.0 Å². The number of hydrogen-bond donors (Lipinski definition) is 2. The highest BCUT2D eigenvalue weighted by Gasteiger charge is 2.11. The molecule has 1 amide bonds. The van der Waals surface area contributed by atoms with E-state index in [1.54, 1.807) is 18.2 Å². The van der Waals surface area contributed by atoms with E-state index in [-0.39, 0.29) is 11.5 Å². The summed E-state index contributed by atoms with van der Waals surface area (Å²) in [5.74, 6) is -0.158. The summed E-state index contributed by atoms with van der Waals surface area (Å²) in [7, 11) is 0. The summed E-state index contributed by atoms with van der Waals surface area (Å²) in [4.78, 5) is 28.9. The van der Waals surface area contributed by atoms with Gasteiger partial charge in [-0.3, -0.25) is 9.59 Å². The molecule has 1 heterocycles. The number of pyridine rings is 1. The number of hydrogen-bond acceptors (Lipinski definition) is 3. The highest BCUT2D eigenvalue weighted by molar-refractivity contribution is 6.06. The molecule has 0 saturated heterocycles. The molecule has 112 valence electrons. The van der Waals surface area contributed by atoms with Gasteiger partial charge >= 0.3 is 0 Å². The molecule has 0 atom stereocenters. The van der Waals surface area contributed by atoms with Gasteiger partial charge in [0.05, 0.1) is 5.56 Å². The molecule has 0 aliphatic rings. The van der Waals surface area contributed by atoms with Crippen LogP contribution in [0.3, 0.4) is 0 Å². The number of nitrogens with zero attached hydrogens (tertiary/aromatic N) is 1. The molecule has 2 N–H and O–H groups in total. The van der Waals surface area contributed by atoms with Crippen molar-refractivity contribution in [1.82, 2.24) is 15.2 Å². The van der Waals surface area contributed by atoms with Gasteiger partial charge in [-0.2, -0.15) is 0 Å². The first kappa shape index (κ1) is 15.3. The van der Waals surface area contributed by atoms with Gasteiger partial charge in [-0.25, -0.2) is 0 Å². The molecular formula is C16H21N3O2. The van der Waals surface area contributed by atoms with E-state index in [0.717, 1.165) is 19.6 Å². The topological polar surface area (TPSA) is 65.2 Å². The van der Waals surface area contributed by atoms with Crippen molar-refractivity contribution in [3.05, 3.63) is 46.4 Å². The van der Waals surface area contributed by atoms with Gasteiger partial charge in [0.15, 0.2) is 0 Å². The van der Waals surface area contributed by atoms with Crippen LogP contribution < -0.4 is 10.9 Å². The number of carbonyl (C=O) groups excluding carboxylic acids is 1. The summed E-state index contributed by atoms with van der Waals surface area (Å²) < 4.78 is 0. The Bertz CT molecular complexity index is 675. The Morgan fingerprint density at radius 3 is 2.52 bits per heavy atom. The molecule has 1 aromatic heterocycles. The number of likely N-dealkylation sites (N-methyl/N-ethyl adjacent to an activating group) is 1. The monoisotopic (exact) mass is 287 g/mol. The number of benzene rings is 1. The van der Waals surface area contributed by atoms with E-state index >= 15 is 0 Å². The first-order valence-corrected chi connectivity index (χ1v) is 7.28. The third-order valence-corrected chi connectivity index (χ3v) is 3.66. The summed E-state index contributed by atoms with van der Waals surface area (Å²) in [5.41, 5.74) is 0.329. The first-order valence-electron chi connectivity index (χ1n) is 7.28. The van der Waals surface area contributed by atoms with Crippen molar-refractivity contribution >= 4 is 16.7 Å². The summed E-state index contributed by atoms with van der Waals surface area (Å²) >= 11 is 0. The molecule has 21 heavy (non-hydrogen) atoms. The van der Waals surface area contributed by atoms with Crippen LogP contribution in [0.5, 0.6) is 0 Å². The molecule has 0 fully saturated rings. The number of fused-ring (bicyclic) bond motifs is 1. The van der Waals surface area contributed by atoms with Crippen LogP contribution in [0.1, 0.15) is 24.2 Å². The lowest BCUT2D eigenvalue weighted by Crippen LogP contribution is -2.35. The second kappa shape index (κ2) is 7.04. The van der Waals surface area contributed by atoms with Gasteiger partial charge in [-0.05, 0) is 19.2 Å². The zero-order valence-corrected chi connectivity index (χ0v) is 12.5. The Kier molecular flexibility index (Phi) is 5.11. The molecule has 0 unspecified atom stereocenters. The molecule has 0 spiro atoms. The third-order valence-electron chi connectivity index (χ3n) is 3.66. The summed E-state index contributed by atoms with van der Waals surface area (Å²) in [6, 6.07) is 7.14. The lowest BCUT2D eigenvalue weighted by Gasteiger charge is -2.18. The van der Waals surface area contributed by atoms with Crippen LogP contribution in [0.2, 0.25) is 0 Å². The van der Waals surface area contributed by atoms with Crippen LogP contribution >= 0.6 is 0 Å². The number of aromatic nitrogens is 1. The Labute approximate surface area is 124 Å². The minimum atomic E-state index is -0.176. The SMILES string of the molecule is CCN(CC)CCNC(=O)c1c[nH]c(=O)c2ccccc12. The molecule has 0 aliphatic heterocycles. The molecule has 2 rings (SSSR count). The van der Waals surface area contributed by atoms with Crippen molar-refractivity contribution in [1.29, 1.82) is 0 Å². The molecule has 0 aliphatic carbocycles. The number of amides is 1. The number of H-pyrrole nitrogens is 1. The Hall–Kier alpha value is -2.14. The quantitative estimate of drug-likeness (QED) is 0.848. The molecule has 2 aromatic rings. The Morgan fingerprint density at radius 2 is 1.86 bits per heavy atom. The molecule has 0 bridgehead atoms. The average Bonchev–Trinajstić information content (AvgIpc) is 2.52. The highest BCUT2D eigenvalue weighted by atomic mass is 16.1. The molecule has 5 nitrogen and oxygen atoms in total. The lowest BCUT2D eigenvalue weighted by molar-refractivity contribution is 0.0950. The molecular weight excluding hydrogens is 266 g/mol. The van der Waals surface area contributed by atoms with Crippen molar-refractivity contribution in [3.63, 3.8) is 0 Å². The van der Waals surface area contributed by atoms with E-state index in [4.69, 9.17) is 0 Å². The van der Waals surface area contributed by atoms with Gasteiger partial charge in [0.25, 0.3) is 11.5 Å². The van der Waals surface area contributed by atoms with E-state index in [2.05, 4.69) is 29.0 Å². The second-order valence-corrected chi connectivity index (χ2v) is 4.86. The maximum absolute atomic E-state index is 12.3. The van der Waals surface area contributed by atoms with E-state index < -0.39 is 0 Å². The number of aromatic amines is 1. The normalized spacial score (nSPS) is 11.0. The van der Waals surface area contributed by atoms with Crippen LogP contribution in [0.15, 0.2) is 35.3 Å². The second-order valence-electron chi connectivity index (χ2n) is 4.86. The van der Waals surface area contributed by atoms with Crippen molar-refractivity contribution < 1.29 is 4.79 Å². The molecule has 1 aromatic carbocycles. The van der Waals surface area contributed by atoms with E-state index in [1.807, 2.05) is 6.07 Å². The third kappa shape index (κ3) is 3.49. The largest absolute Gasteiger partial charge is 0.351 e. The van der Waals surface area contributed by atoms with Gasteiger partial charge in [-0.15, -0.1) is 0 Å². The van der Waals surface area contributed by atoms with Gasteiger partial charge in [0, 0.05) is 30.1 Å². The number of carbonyl (C=O) groups is 1. The van der Waals surface area contributed by atoms with Crippen molar-refractivity contribution in [3.8, 4) is 0 Å². The van der Waals surface area contributed by atoms with Crippen LogP contribution in [-0.2, 0) is 0 Å². The average molecular weight is 287 g/mol. The smallest absolute Gasteiger partial charge is 0.255 e. The number of nitrogens with one attached hydrogen (secondary N) is 2. The first-order chi connectivity index (χ1) is 10.2. The van der Waals surface area contributed by atoms with Crippen LogP contribution in [0.4, 0.5) is 0 Å². The molecule has 5 heteroatoms. The minimum absolute atomic E-state index is 0.158. The fourth-order valence-electron chi connectivity index (χ4n) is 2.36. The maximum atomic E-state index is 12.3. The zero-order chi connectivity index (χ0) is 15.2. The predicted octanol–water partition coefficient (Wildman–Crippen LogP) is 1.60. The van der Waals surface area contributed by atoms with E-state index in [9.17, 15) is 9.59 Å². The zero-order valence-electron chi connectivity index (χ0n) is 12.5. The number of rotatable bonds is 6. The van der Waals surface area contributed by atoms with Gasteiger partial charge in [0.1, 0.15) is 0 Å². The van der Waals surface area contributed by atoms with E-state index in [1.165, 1.54) is 6.20 Å². The predicted molar refractivity (Wildman–Crippen MR) is 84.7 cm³/mol. The molecule has 0 radical (unpaired) electrons. The minimum Gasteiger partial charge on any atom is -0.351 e. The van der Waals surface area contributed by atoms with Gasteiger partial charge in [0.2, 0.25) is 0 Å². The maximum Gasteiger partial charge on any atom is 0.255 e. The van der Waals surface area contributed by atoms with Crippen molar-refractivity contribution in [2.45, 2.75) is 13.8 Å². The Balaban J connectivity index is 2.13. The molecule has 0 saturated carbocycles.